The van der Waals surface area contributed by atoms with E-state index in [2.05, 4.69) is 25.8 Å². The van der Waals surface area contributed by atoms with Gasteiger partial charge in [-0.15, -0.1) is 0 Å². The highest BCUT2D eigenvalue weighted by molar-refractivity contribution is 6.46. The van der Waals surface area contributed by atoms with Crippen molar-refractivity contribution in [1.29, 1.82) is 0 Å². The van der Waals surface area contributed by atoms with Crippen LogP contribution in [0.15, 0.2) is 48.0 Å². The third-order valence-corrected chi connectivity index (χ3v) is 6.83. The number of likely N-dealkylation sites (tertiary alicyclic amines) is 1. The average Bonchev–Trinajstić information content (AvgIpc) is 3.28. The fraction of sp³-hybridized carbons (Fsp3) is 0.379. The molecule has 0 saturated carbocycles. The molecule has 7 heteroatoms. The first-order valence-corrected chi connectivity index (χ1v) is 12.1. The number of nitrogens with one attached hydrogen (secondary N) is 1. The minimum Gasteiger partial charge on any atom is -0.507 e. The Balaban J connectivity index is 1.97. The smallest absolute Gasteiger partial charge is 0.295 e. The number of likely N-dealkylation sites (N-methyl/N-ethyl adjacent to an activating group) is 1. The second kappa shape index (κ2) is 9.47. The lowest BCUT2D eigenvalue weighted by atomic mass is 9.84. The number of fused-ring (bicyclic) bond motifs is 1. The van der Waals surface area contributed by atoms with Crippen LogP contribution in [0.1, 0.15) is 49.2 Å². The summed E-state index contributed by atoms with van der Waals surface area (Å²) in [7, 11) is 5.46. The van der Waals surface area contributed by atoms with Crippen LogP contribution in [0.5, 0.6) is 5.75 Å². The van der Waals surface area contributed by atoms with Gasteiger partial charge in [-0.2, -0.15) is 0 Å². The van der Waals surface area contributed by atoms with Crippen LogP contribution in [0.2, 0.25) is 0 Å². The first-order chi connectivity index (χ1) is 17.0. The molecule has 0 spiro atoms. The molecule has 1 unspecified atom stereocenters. The van der Waals surface area contributed by atoms with Gasteiger partial charge in [0.05, 0.1) is 18.7 Å². The highest BCUT2D eigenvalue weighted by Crippen LogP contribution is 2.44. The molecule has 1 aromatic heterocycles. The number of carbonyl (C=O) groups excluding carboxylic acids is 2. The Labute approximate surface area is 212 Å². The standard InChI is InChI=1S/C29H35N3O4/c1-17-23(19-10-8-9-11-21(19)30-17)25-24(27(34)28(35)32(25)15-14-31(5)6)26(33)18-12-13-22(36-7)20(16-18)29(2,3)4/h8-13,16,25,30,33H,14-15H2,1-7H3/b26-24+. The van der Waals surface area contributed by atoms with Gasteiger partial charge in [0, 0.05) is 46.4 Å². The topological polar surface area (TPSA) is 85.9 Å². The van der Waals surface area contributed by atoms with Crippen LogP contribution in [-0.4, -0.2) is 65.9 Å². The second-order valence-corrected chi connectivity index (χ2v) is 10.7. The number of ketones is 1. The maximum atomic E-state index is 13.5. The summed E-state index contributed by atoms with van der Waals surface area (Å²) in [5.74, 6) is -0.746. The molecule has 36 heavy (non-hydrogen) atoms. The molecule has 0 bridgehead atoms. The quantitative estimate of drug-likeness (QED) is 0.296. The zero-order valence-electron chi connectivity index (χ0n) is 22.1. The van der Waals surface area contributed by atoms with Gasteiger partial charge in [-0.1, -0.05) is 39.0 Å². The van der Waals surface area contributed by atoms with Gasteiger partial charge in [0.15, 0.2) is 0 Å². The number of hydrogen-bond acceptors (Lipinski definition) is 5. The number of Topliss-reactive ketones (excluding diaryl/α,β-unsaturated/α-hetero) is 1. The number of carbonyl (C=O) groups is 2. The van der Waals surface area contributed by atoms with Gasteiger partial charge in [0.2, 0.25) is 0 Å². The van der Waals surface area contributed by atoms with Crippen molar-refractivity contribution >= 4 is 28.4 Å². The van der Waals surface area contributed by atoms with Gasteiger partial charge in [-0.05, 0) is 50.7 Å². The molecule has 1 saturated heterocycles. The van der Waals surface area contributed by atoms with Gasteiger partial charge in [-0.3, -0.25) is 9.59 Å². The second-order valence-electron chi connectivity index (χ2n) is 10.7. The summed E-state index contributed by atoms with van der Waals surface area (Å²) in [5, 5.41) is 12.5. The van der Waals surface area contributed by atoms with E-state index in [1.807, 2.05) is 56.3 Å². The molecule has 0 radical (unpaired) electrons. The Morgan fingerprint density at radius 1 is 1.14 bits per heavy atom. The lowest BCUT2D eigenvalue weighted by molar-refractivity contribution is -0.140. The van der Waals surface area contributed by atoms with E-state index in [0.717, 1.165) is 27.7 Å². The lowest BCUT2D eigenvalue weighted by Gasteiger charge is -2.27. The lowest BCUT2D eigenvalue weighted by Crippen LogP contribution is -2.35. The van der Waals surface area contributed by atoms with Crippen LogP contribution < -0.4 is 4.74 Å². The Hall–Kier alpha value is -3.58. The molecule has 190 valence electrons. The van der Waals surface area contributed by atoms with E-state index in [1.54, 1.807) is 24.1 Å². The van der Waals surface area contributed by atoms with Crippen molar-refractivity contribution in [3.8, 4) is 5.75 Å². The SMILES string of the molecule is COc1ccc(/C(O)=C2\C(=O)C(=O)N(CCN(C)C)C2c2c(C)[nH]c3ccccc23)cc1C(C)(C)C. The molecule has 1 aliphatic heterocycles. The van der Waals surface area contributed by atoms with E-state index in [0.29, 0.717) is 24.4 Å². The first kappa shape index (κ1) is 25.5. The van der Waals surface area contributed by atoms with Gasteiger partial charge in [-0.25, -0.2) is 0 Å². The monoisotopic (exact) mass is 489 g/mol. The van der Waals surface area contributed by atoms with E-state index in [9.17, 15) is 14.7 Å². The first-order valence-electron chi connectivity index (χ1n) is 12.1. The van der Waals surface area contributed by atoms with E-state index in [-0.39, 0.29) is 16.7 Å². The van der Waals surface area contributed by atoms with Crippen LogP contribution in [0, 0.1) is 6.92 Å². The number of para-hydroxylation sites is 1. The fourth-order valence-corrected chi connectivity index (χ4v) is 4.97. The number of aryl methyl sites for hydroxylation is 1. The van der Waals surface area contributed by atoms with E-state index in [4.69, 9.17) is 4.74 Å². The molecule has 1 amide bonds. The van der Waals surface area contributed by atoms with Crippen LogP contribution >= 0.6 is 0 Å². The van der Waals surface area contributed by atoms with Crippen molar-refractivity contribution < 1.29 is 19.4 Å². The summed E-state index contributed by atoms with van der Waals surface area (Å²) < 4.78 is 5.55. The minimum absolute atomic E-state index is 0.108. The summed E-state index contributed by atoms with van der Waals surface area (Å²) in [6, 6.07) is 12.5. The molecule has 1 fully saturated rings. The molecule has 2 N–H and O–H groups in total. The third-order valence-electron chi connectivity index (χ3n) is 6.83. The molecular weight excluding hydrogens is 454 g/mol. The predicted molar refractivity (Wildman–Crippen MR) is 142 cm³/mol. The number of rotatable bonds is 6. The number of methoxy groups -OCH3 is 1. The van der Waals surface area contributed by atoms with Gasteiger partial charge < -0.3 is 24.6 Å². The van der Waals surface area contributed by atoms with Crippen molar-refractivity contribution in [3.05, 3.63) is 70.4 Å². The summed E-state index contributed by atoms with van der Waals surface area (Å²) in [4.78, 5) is 33.7. The van der Waals surface area contributed by atoms with Crippen molar-refractivity contribution in [1.82, 2.24) is 14.8 Å². The Morgan fingerprint density at radius 2 is 1.83 bits per heavy atom. The third kappa shape index (κ3) is 4.39. The summed E-state index contributed by atoms with van der Waals surface area (Å²) in [6.45, 7) is 9.06. The molecule has 3 aromatic rings. The van der Waals surface area contributed by atoms with Gasteiger partial charge in [0.25, 0.3) is 11.7 Å². The van der Waals surface area contributed by atoms with E-state index in [1.165, 1.54) is 0 Å². The summed E-state index contributed by atoms with van der Waals surface area (Å²) in [6.07, 6.45) is 0. The Bertz CT molecular complexity index is 1360. The zero-order valence-corrected chi connectivity index (χ0v) is 22.1. The molecule has 7 nitrogen and oxygen atoms in total. The number of hydrogen-bond donors (Lipinski definition) is 2. The highest BCUT2D eigenvalue weighted by Gasteiger charge is 2.47. The van der Waals surface area contributed by atoms with Crippen molar-refractivity contribution in [3.63, 3.8) is 0 Å². The van der Waals surface area contributed by atoms with Gasteiger partial charge >= 0.3 is 0 Å². The maximum Gasteiger partial charge on any atom is 0.295 e. The van der Waals surface area contributed by atoms with Crippen molar-refractivity contribution in [2.24, 2.45) is 0 Å². The molecule has 0 aliphatic carbocycles. The zero-order chi connectivity index (χ0) is 26.4. The van der Waals surface area contributed by atoms with Crippen LogP contribution in [0.3, 0.4) is 0 Å². The van der Waals surface area contributed by atoms with Crippen LogP contribution in [0.4, 0.5) is 0 Å². The van der Waals surface area contributed by atoms with Crippen LogP contribution in [0.25, 0.3) is 16.7 Å². The number of aromatic nitrogens is 1. The number of amides is 1. The fourth-order valence-electron chi connectivity index (χ4n) is 4.97. The Kier molecular flexibility index (Phi) is 6.71. The number of H-pyrrole nitrogens is 1. The van der Waals surface area contributed by atoms with Crippen molar-refractivity contribution in [2.75, 3.05) is 34.3 Å². The molecule has 2 aromatic carbocycles. The highest BCUT2D eigenvalue weighted by atomic mass is 16.5. The molecule has 1 aliphatic rings. The predicted octanol–water partition coefficient (Wildman–Crippen LogP) is 4.77. The average molecular weight is 490 g/mol. The summed E-state index contributed by atoms with van der Waals surface area (Å²) in [5.41, 5.74) is 3.83. The van der Waals surface area contributed by atoms with Gasteiger partial charge in [0.1, 0.15) is 11.5 Å². The number of aliphatic hydroxyl groups excluding tert-OH is 1. The molecule has 2 heterocycles. The molecule has 1 atom stereocenters. The number of benzene rings is 2. The van der Waals surface area contributed by atoms with Crippen molar-refractivity contribution in [2.45, 2.75) is 39.2 Å². The maximum absolute atomic E-state index is 13.5. The number of aliphatic hydroxyl groups is 1. The molecule has 4 rings (SSSR count). The number of nitrogens with zero attached hydrogens (tertiary/aromatic N) is 2. The normalized spacial score (nSPS) is 18.0. The Morgan fingerprint density at radius 3 is 2.47 bits per heavy atom. The van der Waals surface area contributed by atoms with Crippen LogP contribution in [-0.2, 0) is 15.0 Å². The minimum atomic E-state index is -0.707. The number of ether oxygens (including phenoxy) is 1. The molecular formula is C29H35N3O4. The summed E-state index contributed by atoms with van der Waals surface area (Å²) >= 11 is 0. The van der Waals surface area contributed by atoms with E-state index >= 15 is 0 Å². The largest absolute Gasteiger partial charge is 0.507 e. The van der Waals surface area contributed by atoms with E-state index < -0.39 is 17.7 Å². The number of aromatic amines is 1.